The molecule has 1 aliphatic rings. The second-order valence-corrected chi connectivity index (χ2v) is 5.59. The highest BCUT2D eigenvalue weighted by atomic mass is 16.5. The lowest BCUT2D eigenvalue weighted by Crippen LogP contribution is -2.54. The van der Waals surface area contributed by atoms with Gasteiger partial charge in [0.25, 0.3) is 0 Å². The van der Waals surface area contributed by atoms with Crippen LogP contribution >= 0.6 is 0 Å². The summed E-state index contributed by atoms with van der Waals surface area (Å²) in [5, 5.41) is 3.46. The van der Waals surface area contributed by atoms with Crippen LogP contribution in [0.15, 0.2) is 0 Å². The van der Waals surface area contributed by atoms with Crippen molar-refractivity contribution < 1.29 is 9.53 Å². The number of carbonyl (C=O) groups is 1. The molecule has 5 nitrogen and oxygen atoms in total. The second kappa shape index (κ2) is 7.82. The van der Waals surface area contributed by atoms with Crippen LogP contribution in [0.3, 0.4) is 0 Å². The summed E-state index contributed by atoms with van der Waals surface area (Å²) in [6.07, 6.45) is 2.74. The first kappa shape index (κ1) is 16.4. The van der Waals surface area contributed by atoms with E-state index in [1.165, 1.54) is 7.11 Å². The van der Waals surface area contributed by atoms with Crippen molar-refractivity contribution >= 4 is 5.97 Å². The maximum atomic E-state index is 12.2. The largest absolute Gasteiger partial charge is 0.468 e. The summed E-state index contributed by atoms with van der Waals surface area (Å²) in [7, 11) is 5.57. The average molecular weight is 271 g/mol. The number of rotatable bonds is 6. The molecule has 1 fully saturated rings. The van der Waals surface area contributed by atoms with Gasteiger partial charge in [0.05, 0.1) is 7.11 Å². The molecular weight excluding hydrogens is 242 g/mol. The Kier molecular flexibility index (Phi) is 6.75. The maximum absolute atomic E-state index is 12.2. The van der Waals surface area contributed by atoms with Gasteiger partial charge in [0.1, 0.15) is 5.54 Å². The van der Waals surface area contributed by atoms with Gasteiger partial charge in [-0.25, -0.2) is 0 Å². The van der Waals surface area contributed by atoms with Gasteiger partial charge in [-0.05, 0) is 46.4 Å². The van der Waals surface area contributed by atoms with Gasteiger partial charge < -0.3 is 19.9 Å². The minimum absolute atomic E-state index is 0.107. The van der Waals surface area contributed by atoms with Crippen LogP contribution in [0.25, 0.3) is 0 Å². The molecule has 1 heterocycles. The molecule has 112 valence electrons. The van der Waals surface area contributed by atoms with Crippen LogP contribution in [0.2, 0.25) is 0 Å². The third-order valence-electron chi connectivity index (χ3n) is 3.98. The van der Waals surface area contributed by atoms with Gasteiger partial charge in [-0.15, -0.1) is 0 Å². The number of methoxy groups -OCH3 is 1. The Hall–Kier alpha value is -0.650. The minimum atomic E-state index is -0.491. The Balaban J connectivity index is 2.67. The molecule has 0 amide bonds. The van der Waals surface area contributed by atoms with E-state index in [4.69, 9.17) is 4.74 Å². The molecule has 0 aromatic rings. The van der Waals surface area contributed by atoms with Crippen molar-refractivity contribution in [2.24, 2.45) is 0 Å². The molecule has 0 spiro atoms. The van der Waals surface area contributed by atoms with E-state index in [-0.39, 0.29) is 5.97 Å². The minimum Gasteiger partial charge on any atom is -0.468 e. The smallest absolute Gasteiger partial charge is 0.326 e. The van der Waals surface area contributed by atoms with E-state index in [0.717, 1.165) is 52.0 Å². The molecule has 1 atom stereocenters. The predicted octanol–water partition coefficient (Wildman–Crippen LogP) is 0.555. The Bertz CT molecular complexity index is 284. The van der Waals surface area contributed by atoms with E-state index in [1.54, 1.807) is 0 Å². The lowest BCUT2D eigenvalue weighted by atomic mass is 9.90. The fourth-order valence-corrected chi connectivity index (χ4v) is 2.67. The molecule has 0 aromatic carbocycles. The number of esters is 1. The van der Waals surface area contributed by atoms with Crippen LogP contribution in [-0.2, 0) is 9.53 Å². The SMILES string of the molecule is CCN1CCCC(NCCN(C)C)(C(=O)OC)CC1. The number of carbonyl (C=O) groups excluding carboxylic acids is 1. The van der Waals surface area contributed by atoms with Crippen molar-refractivity contribution in [3.63, 3.8) is 0 Å². The first-order valence-corrected chi connectivity index (χ1v) is 7.24. The standard InChI is InChI=1S/C14H29N3O2/c1-5-17-10-6-7-14(8-11-17,13(18)19-4)15-9-12-16(2)3/h15H,5-12H2,1-4H3. The van der Waals surface area contributed by atoms with Crippen molar-refractivity contribution in [3.05, 3.63) is 0 Å². The molecule has 0 radical (unpaired) electrons. The molecule has 1 N–H and O–H groups in total. The summed E-state index contributed by atoms with van der Waals surface area (Å²) in [6, 6.07) is 0. The average Bonchev–Trinajstić information content (AvgIpc) is 2.60. The highest BCUT2D eigenvalue weighted by molar-refractivity contribution is 5.80. The summed E-state index contributed by atoms with van der Waals surface area (Å²) in [5.74, 6) is -0.107. The van der Waals surface area contributed by atoms with Crippen LogP contribution in [0, 0.1) is 0 Å². The molecule has 0 aliphatic carbocycles. The zero-order valence-electron chi connectivity index (χ0n) is 12.9. The molecule has 19 heavy (non-hydrogen) atoms. The molecular formula is C14H29N3O2. The number of likely N-dealkylation sites (tertiary alicyclic amines) is 1. The van der Waals surface area contributed by atoms with Crippen LogP contribution in [-0.4, -0.2) is 75.2 Å². The van der Waals surface area contributed by atoms with Crippen molar-refractivity contribution in [1.82, 2.24) is 15.1 Å². The van der Waals surface area contributed by atoms with Gasteiger partial charge in [0.2, 0.25) is 0 Å². The fourth-order valence-electron chi connectivity index (χ4n) is 2.67. The van der Waals surface area contributed by atoms with Crippen molar-refractivity contribution in [3.8, 4) is 0 Å². The topological polar surface area (TPSA) is 44.8 Å². The normalized spacial score (nSPS) is 25.3. The molecule has 1 aliphatic heterocycles. The number of nitrogens with one attached hydrogen (secondary N) is 1. The maximum Gasteiger partial charge on any atom is 0.326 e. The lowest BCUT2D eigenvalue weighted by molar-refractivity contribution is -0.149. The van der Waals surface area contributed by atoms with Crippen LogP contribution in [0.5, 0.6) is 0 Å². The van der Waals surface area contributed by atoms with E-state index in [9.17, 15) is 4.79 Å². The summed E-state index contributed by atoms with van der Waals surface area (Å²) in [4.78, 5) is 16.7. The molecule has 0 aromatic heterocycles. The second-order valence-electron chi connectivity index (χ2n) is 5.59. The van der Waals surface area contributed by atoms with E-state index in [0.29, 0.717) is 0 Å². The van der Waals surface area contributed by atoms with Crippen LogP contribution < -0.4 is 5.32 Å². The molecule has 5 heteroatoms. The summed E-state index contributed by atoms with van der Waals surface area (Å²) in [5.41, 5.74) is -0.491. The highest BCUT2D eigenvalue weighted by Gasteiger charge is 2.40. The van der Waals surface area contributed by atoms with E-state index >= 15 is 0 Å². The number of nitrogens with zero attached hydrogens (tertiary/aromatic N) is 2. The first-order chi connectivity index (χ1) is 9.04. The first-order valence-electron chi connectivity index (χ1n) is 7.24. The lowest BCUT2D eigenvalue weighted by Gasteiger charge is -2.31. The number of ether oxygens (including phenoxy) is 1. The Morgan fingerprint density at radius 2 is 2.11 bits per heavy atom. The molecule has 1 rings (SSSR count). The Labute approximate surface area is 117 Å². The summed E-state index contributed by atoms with van der Waals surface area (Å²) in [6.45, 7) is 7.00. The van der Waals surface area contributed by atoms with Crippen molar-refractivity contribution in [2.75, 3.05) is 53.9 Å². The van der Waals surface area contributed by atoms with Crippen molar-refractivity contribution in [1.29, 1.82) is 0 Å². The molecule has 0 bridgehead atoms. The van der Waals surface area contributed by atoms with E-state index in [2.05, 4.69) is 22.0 Å². The van der Waals surface area contributed by atoms with E-state index in [1.807, 2.05) is 14.1 Å². The third-order valence-corrected chi connectivity index (χ3v) is 3.98. The van der Waals surface area contributed by atoms with Gasteiger partial charge in [-0.1, -0.05) is 6.92 Å². The van der Waals surface area contributed by atoms with Crippen LogP contribution in [0.1, 0.15) is 26.2 Å². The Morgan fingerprint density at radius 1 is 1.37 bits per heavy atom. The zero-order chi connectivity index (χ0) is 14.3. The van der Waals surface area contributed by atoms with Gasteiger partial charge in [-0.2, -0.15) is 0 Å². The van der Waals surface area contributed by atoms with Gasteiger partial charge in [0.15, 0.2) is 0 Å². The van der Waals surface area contributed by atoms with Crippen molar-refractivity contribution in [2.45, 2.75) is 31.7 Å². The number of hydrogen-bond donors (Lipinski definition) is 1. The van der Waals surface area contributed by atoms with Gasteiger partial charge in [-0.3, -0.25) is 4.79 Å². The number of hydrogen-bond acceptors (Lipinski definition) is 5. The van der Waals surface area contributed by atoms with E-state index < -0.39 is 5.54 Å². The van der Waals surface area contributed by atoms with Gasteiger partial charge >= 0.3 is 5.97 Å². The quantitative estimate of drug-likeness (QED) is 0.715. The highest BCUT2D eigenvalue weighted by Crippen LogP contribution is 2.24. The molecule has 1 saturated heterocycles. The molecule has 1 unspecified atom stereocenters. The fraction of sp³-hybridized carbons (Fsp3) is 0.929. The van der Waals surface area contributed by atoms with Gasteiger partial charge in [0, 0.05) is 19.6 Å². The summed E-state index contributed by atoms with van der Waals surface area (Å²) < 4.78 is 5.04. The number of likely N-dealkylation sites (N-methyl/N-ethyl adjacent to an activating group) is 1. The third kappa shape index (κ3) is 4.75. The zero-order valence-corrected chi connectivity index (χ0v) is 12.9. The Morgan fingerprint density at radius 3 is 2.68 bits per heavy atom. The van der Waals surface area contributed by atoms with Crippen LogP contribution in [0.4, 0.5) is 0 Å². The summed E-state index contributed by atoms with van der Waals surface area (Å²) >= 11 is 0. The monoisotopic (exact) mass is 271 g/mol. The molecule has 0 saturated carbocycles. The predicted molar refractivity (Wildman–Crippen MR) is 77.3 cm³/mol.